The number of nitrogens with zero attached hydrogens (tertiary/aromatic N) is 1. The van der Waals surface area contributed by atoms with Gasteiger partial charge in [0.25, 0.3) is 0 Å². The first-order valence-electron chi connectivity index (χ1n) is 6.27. The highest BCUT2D eigenvalue weighted by atomic mass is 32.2. The first-order chi connectivity index (χ1) is 9.86. The van der Waals surface area contributed by atoms with Gasteiger partial charge in [-0.3, -0.25) is 0 Å². The van der Waals surface area contributed by atoms with E-state index in [9.17, 15) is 8.42 Å². The molecule has 0 fully saturated rings. The lowest BCUT2D eigenvalue weighted by atomic mass is 10.2. The summed E-state index contributed by atoms with van der Waals surface area (Å²) in [6.07, 6.45) is 3.01. The summed E-state index contributed by atoms with van der Waals surface area (Å²) in [4.78, 5) is 0.0547. The molecule has 1 heterocycles. The van der Waals surface area contributed by atoms with Crippen LogP contribution in [0.25, 0.3) is 0 Å². The lowest BCUT2D eigenvalue weighted by Gasteiger charge is -2.19. The SMILES string of the molecule is COc1cc(C)c(N)cc1S(=O)(=O)N(C)Cc1ccoc1. The summed E-state index contributed by atoms with van der Waals surface area (Å²) in [7, 11) is -0.782. The number of methoxy groups -OCH3 is 1. The first kappa shape index (κ1) is 15.4. The van der Waals surface area contributed by atoms with Gasteiger partial charge in [-0.2, -0.15) is 4.31 Å². The maximum Gasteiger partial charge on any atom is 0.246 e. The molecule has 0 amide bonds. The van der Waals surface area contributed by atoms with E-state index in [1.54, 1.807) is 19.1 Å². The Balaban J connectivity index is 2.41. The Morgan fingerprint density at radius 1 is 1.38 bits per heavy atom. The van der Waals surface area contributed by atoms with E-state index in [2.05, 4.69) is 0 Å². The number of nitrogens with two attached hydrogens (primary N) is 1. The van der Waals surface area contributed by atoms with Crippen molar-refractivity contribution in [1.82, 2.24) is 4.31 Å². The summed E-state index contributed by atoms with van der Waals surface area (Å²) in [5.74, 6) is 0.278. The van der Waals surface area contributed by atoms with Crippen LogP contribution in [0, 0.1) is 6.92 Å². The summed E-state index contributed by atoms with van der Waals surface area (Å²) in [5.41, 5.74) is 7.76. The number of benzene rings is 1. The summed E-state index contributed by atoms with van der Waals surface area (Å²) < 4.78 is 36.7. The number of ether oxygens (including phenoxy) is 1. The van der Waals surface area contributed by atoms with Crippen LogP contribution >= 0.6 is 0 Å². The smallest absolute Gasteiger partial charge is 0.246 e. The van der Waals surface area contributed by atoms with Gasteiger partial charge in [0, 0.05) is 24.8 Å². The first-order valence-corrected chi connectivity index (χ1v) is 7.71. The quantitative estimate of drug-likeness (QED) is 0.854. The summed E-state index contributed by atoms with van der Waals surface area (Å²) >= 11 is 0. The predicted molar refractivity (Wildman–Crippen MR) is 79.5 cm³/mol. The van der Waals surface area contributed by atoms with E-state index in [0.29, 0.717) is 5.69 Å². The molecule has 0 bridgehead atoms. The van der Waals surface area contributed by atoms with Crippen LogP contribution < -0.4 is 10.5 Å². The van der Waals surface area contributed by atoms with Crippen molar-refractivity contribution in [2.45, 2.75) is 18.4 Å². The molecule has 114 valence electrons. The molecule has 0 saturated heterocycles. The van der Waals surface area contributed by atoms with Crippen LogP contribution in [0.1, 0.15) is 11.1 Å². The molecule has 0 spiro atoms. The Kier molecular flexibility index (Phi) is 4.24. The van der Waals surface area contributed by atoms with Gasteiger partial charge in [-0.25, -0.2) is 8.42 Å². The van der Waals surface area contributed by atoms with Gasteiger partial charge in [-0.05, 0) is 30.7 Å². The second-order valence-electron chi connectivity index (χ2n) is 4.75. The number of hydrogen-bond acceptors (Lipinski definition) is 5. The monoisotopic (exact) mass is 310 g/mol. The zero-order chi connectivity index (χ0) is 15.6. The molecule has 0 aliphatic heterocycles. The van der Waals surface area contributed by atoms with Gasteiger partial charge in [-0.15, -0.1) is 0 Å². The Hall–Kier alpha value is -1.99. The molecule has 0 saturated carbocycles. The van der Waals surface area contributed by atoms with Gasteiger partial charge in [0.05, 0.1) is 19.6 Å². The molecule has 7 heteroatoms. The third-order valence-corrected chi connectivity index (χ3v) is 5.05. The third-order valence-electron chi connectivity index (χ3n) is 3.23. The van der Waals surface area contributed by atoms with Crippen LogP contribution in [0.5, 0.6) is 5.75 Å². The highest BCUT2D eigenvalue weighted by Gasteiger charge is 2.26. The van der Waals surface area contributed by atoms with Gasteiger partial charge in [0.2, 0.25) is 10.0 Å². The Morgan fingerprint density at radius 3 is 2.67 bits per heavy atom. The van der Waals surface area contributed by atoms with Crippen LogP contribution in [0.2, 0.25) is 0 Å². The van der Waals surface area contributed by atoms with E-state index in [1.807, 2.05) is 0 Å². The summed E-state index contributed by atoms with van der Waals surface area (Å²) in [6, 6.07) is 4.76. The molecule has 0 unspecified atom stereocenters. The predicted octanol–water partition coefficient (Wildman–Crippen LogP) is 2.00. The Bertz CT molecular complexity index is 724. The zero-order valence-corrected chi connectivity index (χ0v) is 13.0. The van der Waals surface area contributed by atoms with Crippen molar-refractivity contribution in [3.05, 3.63) is 41.9 Å². The largest absolute Gasteiger partial charge is 0.495 e. The lowest BCUT2D eigenvalue weighted by molar-refractivity contribution is 0.397. The topological polar surface area (TPSA) is 85.8 Å². The van der Waals surface area contributed by atoms with E-state index in [-0.39, 0.29) is 17.2 Å². The average molecular weight is 310 g/mol. The van der Waals surface area contributed by atoms with Crippen LogP contribution in [-0.4, -0.2) is 26.9 Å². The molecular formula is C14H18N2O4S. The number of furan rings is 1. The molecule has 2 N–H and O–H groups in total. The number of anilines is 1. The van der Waals surface area contributed by atoms with Gasteiger partial charge in [0.1, 0.15) is 10.6 Å². The Morgan fingerprint density at radius 2 is 2.10 bits per heavy atom. The summed E-state index contributed by atoms with van der Waals surface area (Å²) in [5, 5.41) is 0. The maximum atomic E-state index is 12.7. The van der Waals surface area contributed by atoms with Crippen LogP contribution in [0.3, 0.4) is 0 Å². The summed E-state index contributed by atoms with van der Waals surface area (Å²) in [6.45, 7) is 2.00. The van der Waals surface area contributed by atoms with Crippen molar-refractivity contribution in [2.75, 3.05) is 19.9 Å². The van der Waals surface area contributed by atoms with E-state index >= 15 is 0 Å². The number of nitrogen functional groups attached to an aromatic ring is 1. The van der Waals surface area contributed by atoms with E-state index in [0.717, 1.165) is 11.1 Å². The highest BCUT2D eigenvalue weighted by molar-refractivity contribution is 7.89. The number of rotatable bonds is 5. The zero-order valence-electron chi connectivity index (χ0n) is 12.2. The van der Waals surface area contributed by atoms with Crippen molar-refractivity contribution in [2.24, 2.45) is 0 Å². The van der Waals surface area contributed by atoms with Crippen molar-refractivity contribution >= 4 is 15.7 Å². The third kappa shape index (κ3) is 3.03. The van der Waals surface area contributed by atoms with E-state index in [1.165, 1.54) is 37.1 Å². The number of sulfonamides is 1. The fourth-order valence-corrected chi connectivity index (χ4v) is 3.26. The molecule has 6 nitrogen and oxygen atoms in total. The van der Waals surface area contributed by atoms with Crippen molar-refractivity contribution in [3.8, 4) is 5.75 Å². The van der Waals surface area contributed by atoms with Gasteiger partial charge >= 0.3 is 0 Å². The molecular weight excluding hydrogens is 292 g/mol. The highest BCUT2D eigenvalue weighted by Crippen LogP contribution is 2.31. The molecule has 2 aromatic rings. The molecule has 21 heavy (non-hydrogen) atoms. The average Bonchev–Trinajstić information content (AvgIpc) is 2.94. The molecule has 0 aliphatic rings. The van der Waals surface area contributed by atoms with Gasteiger partial charge in [0.15, 0.2) is 0 Å². The molecule has 1 aromatic heterocycles. The fourth-order valence-electron chi connectivity index (χ4n) is 1.93. The van der Waals surface area contributed by atoms with E-state index < -0.39 is 10.0 Å². The van der Waals surface area contributed by atoms with Crippen molar-refractivity contribution in [1.29, 1.82) is 0 Å². The number of hydrogen-bond donors (Lipinski definition) is 1. The normalized spacial score (nSPS) is 11.8. The molecule has 0 aliphatic carbocycles. The molecule has 1 aromatic carbocycles. The second kappa shape index (κ2) is 5.79. The van der Waals surface area contributed by atoms with Gasteiger partial charge < -0.3 is 14.9 Å². The van der Waals surface area contributed by atoms with E-state index in [4.69, 9.17) is 14.9 Å². The Labute approximate surface area is 124 Å². The van der Waals surface area contributed by atoms with Crippen LogP contribution in [0.15, 0.2) is 40.0 Å². The van der Waals surface area contributed by atoms with Crippen molar-refractivity contribution in [3.63, 3.8) is 0 Å². The molecule has 0 radical (unpaired) electrons. The molecule has 0 atom stereocenters. The fraction of sp³-hybridized carbons (Fsp3) is 0.286. The minimum Gasteiger partial charge on any atom is -0.495 e. The number of aryl methyl sites for hydroxylation is 1. The van der Waals surface area contributed by atoms with Crippen molar-refractivity contribution < 1.29 is 17.6 Å². The molecule has 2 rings (SSSR count). The standard InChI is InChI=1S/C14H18N2O4S/c1-10-6-13(19-3)14(7-12(10)15)21(17,18)16(2)8-11-4-5-20-9-11/h4-7,9H,8,15H2,1-3H3. The lowest BCUT2D eigenvalue weighted by Crippen LogP contribution is -2.27. The minimum atomic E-state index is -3.71. The minimum absolute atomic E-state index is 0.0547. The van der Waals surface area contributed by atoms with Gasteiger partial charge in [-0.1, -0.05) is 0 Å². The van der Waals surface area contributed by atoms with Crippen LogP contribution in [0.4, 0.5) is 5.69 Å². The van der Waals surface area contributed by atoms with Crippen LogP contribution in [-0.2, 0) is 16.6 Å². The maximum absolute atomic E-state index is 12.7. The second-order valence-corrected chi connectivity index (χ2v) is 6.77.